The number of hydrogen-bond acceptors (Lipinski definition) is 4. The van der Waals surface area contributed by atoms with Gasteiger partial charge in [-0.05, 0) is 55.2 Å². The van der Waals surface area contributed by atoms with E-state index in [1.54, 1.807) is 24.3 Å². The molecule has 0 aliphatic carbocycles. The molecule has 0 spiro atoms. The Labute approximate surface area is 203 Å². The van der Waals surface area contributed by atoms with Crippen molar-refractivity contribution in [2.75, 3.05) is 12.0 Å². The lowest BCUT2D eigenvalue weighted by molar-refractivity contribution is -0.139. The standard InChI is InChI=1S/C27H28N2O4S/c1-19-10-12-21(13-11-19)25(30)24-9-5-16-29(24)15-4-7-20-6-3-8-22(18-20)26(31)28-23(27(32)33)14-17-34-2/h3-13,16,18,23H,14-15,17H2,1-2H3,(H,28,31)(H,32,33)/b7-4+/t23-/m0/s1. The van der Waals surface area contributed by atoms with Crippen LogP contribution in [0, 0.1) is 6.92 Å². The minimum absolute atomic E-state index is 0.0356. The molecular formula is C27H28N2O4S. The van der Waals surface area contributed by atoms with Gasteiger partial charge >= 0.3 is 5.97 Å². The van der Waals surface area contributed by atoms with Gasteiger partial charge in [0.2, 0.25) is 5.78 Å². The molecule has 2 aromatic carbocycles. The Kier molecular flexibility index (Phi) is 8.87. The zero-order valence-corrected chi connectivity index (χ0v) is 20.0. The zero-order valence-electron chi connectivity index (χ0n) is 19.2. The molecule has 1 atom stereocenters. The maximum absolute atomic E-state index is 12.9. The first kappa shape index (κ1) is 25.1. The number of aromatic nitrogens is 1. The van der Waals surface area contributed by atoms with E-state index >= 15 is 0 Å². The van der Waals surface area contributed by atoms with E-state index in [9.17, 15) is 19.5 Å². The molecule has 2 N–H and O–H groups in total. The number of amides is 1. The largest absolute Gasteiger partial charge is 0.480 e. The van der Waals surface area contributed by atoms with Crippen molar-refractivity contribution in [3.05, 3.63) is 101 Å². The molecular weight excluding hydrogens is 448 g/mol. The van der Waals surface area contributed by atoms with Gasteiger partial charge in [0.15, 0.2) is 0 Å². The van der Waals surface area contributed by atoms with Gasteiger partial charge in [0.05, 0.1) is 5.69 Å². The van der Waals surface area contributed by atoms with Crippen LogP contribution in [-0.4, -0.2) is 45.4 Å². The van der Waals surface area contributed by atoms with Crippen molar-refractivity contribution in [2.24, 2.45) is 0 Å². The predicted molar refractivity (Wildman–Crippen MR) is 136 cm³/mol. The number of carboxylic acids is 1. The highest BCUT2D eigenvalue weighted by Crippen LogP contribution is 2.14. The number of nitrogens with zero attached hydrogens (tertiary/aromatic N) is 1. The zero-order chi connectivity index (χ0) is 24.5. The third-order valence-corrected chi connectivity index (χ3v) is 6.00. The number of nitrogens with one attached hydrogen (secondary N) is 1. The van der Waals surface area contributed by atoms with E-state index < -0.39 is 17.9 Å². The van der Waals surface area contributed by atoms with Gasteiger partial charge in [-0.3, -0.25) is 9.59 Å². The Bertz CT molecular complexity index is 1180. The number of carboxylic acid groups (broad SMARTS) is 1. The summed E-state index contributed by atoms with van der Waals surface area (Å²) in [5, 5.41) is 11.9. The van der Waals surface area contributed by atoms with E-state index in [0.717, 1.165) is 11.1 Å². The quantitative estimate of drug-likeness (QED) is 0.393. The Balaban J connectivity index is 1.66. The molecule has 1 aromatic heterocycles. The molecule has 0 aliphatic heterocycles. The summed E-state index contributed by atoms with van der Waals surface area (Å²) in [5.74, 6) is -0.846. The number of hydrogen-bond donors (Lipinski definition) is 2. The SMILES string of the molecule is CSCC[C@H](NC(=O)c1cccc(/C=C/Cn2cccc2C(=O)c2ccc(C)cc2)c1)C(=O)O. The number of ketones is 1. The van der Waals surface area contributed by atoms with Gasteiger partial charge in [-0.1, -0.05) is 54.1 Å². The molecule has 6 nitrogen and oxygen atoms in total. The fraction of sp³-hybridized carbons (Fsp3) is 0.222. The predicted octanol–water partition coefficient (Wildman–Crippen LogP) is 4.68. The van der Waals surface area contributed by atoms with Gasteiger partial charge in [0.25, 0.3) is 5.91 Å². The summed E-state index contributed by atoms with van der Waals surface area (Å²) < 4.78 is 1.87. The maximum atomic E-state index is 12.9. The highest BCUT2D eigenvalue weighted by molar-refractivity contribution is 7.98. The number of allylic oxidation sites excluding steroid dienone is 1. The van der Waals surface area contributed by atoms with Crippen molar-refractivity contribution in [1.82, 2.24) is 9.88 Å². The Morgan fingerprint density at radius 3 is 2.53 bits per heavy atom. The van der Waals surface area contributed by atoms with Crippen molar-refractivity contribution in [1.29, 1.82) is 0 Å². The van der Waals surface area contributed by atoms with Gasteiger partial charge < -0.3 is 15.0 Å². The second-order valence-electron chi connectivity index (χ2n) is 7.91. The first-order valence-electron chi connectivity index (χ1n) is 10.9. The number of benzene rings is 2. The lowest BCUT2D eigenvalue weighted by Gasteiger charge is -2.14. The molecule has 34 heavy (non-hydrogen) atoms. The van der Waals surface area contributed by atoms with Crippen molar-refractivity contribution >= 4 is 35.5 Å². The lowest BCUT2D eigenvalue weighted by atomic mass is 10.1. The van der Waals surface area contributed by atoms with Crippen LogP contribution in [0.25, 0.3) is 6.08 Å². The van der Waals surface area contributed by atoms with Gasteiger partial charge in [-0.2, -0.15) is 11.8 Å². The number of rotatable bonds is 11. The fourth-order valence-electron chi connectivity index (χ4n) is 3.45. The molecule has 0 radical (unpaired) electrons. The Morgan fingerprint density at radius 1 is 1.06 bits per heavy atom. The fourth-order valence-corrected chi connectivity index (χ4v) is 3.92. The summed E-state index contributed by atoms with van der Waals surface area (Å²) in [5.41, 5.74) is 3.55. The van der Waals surface area contributed by atoms with E-state index in [4.69, 9.17) is 0 Å². The number of carbonyl (C=O) groups is 3. The monoisotopic (exact) mass is 476 g/mol. The smallest absolute Gasteiger partial charge is 0.326 e. The van der Waals surface area contributed by atoms with Gasteiger partial charge in [-0.25, -0.2) is 4.79 Å². The van der Waals surface area contributed by atoms with Gasteiger partial charge in [0.1, 0.15) is 6.04 Å². The van der Waals surface area contributed by atoms with Crippen LogP contribution in [0.2, 0.25) is 0 Å². The van der Waals surface area contributed by atoms with Crippen LogP contribution < -0.4 is 5.32 Å². The number of thioether (sulfide) groups is 1. The molecule has 0 aliphatic rings. The molecule has 0 saturated heterocycles. The minimum Gasteiger partial charge on any atom is -0.480 e. The van der Waals surface area contributed by atoms with Crippen molar-refractivity contribution in [2.45, 2.75) is 25.9 Å². The van der Waals surface area contributed by atoms with Gasteiger partial charge in [0, 0.05) is 23.9 Å². The topological polar surface area (TPSA) is 88.4 Å². The summed E-state index contributed by atoms with van der Waals surface area (Å²) >= 11 is 1.54. The second kappa shape index (κ2) is 12.0. The van der Waals surface area contributed by atoms with Crippen LogP contribution in [0.4, 0.5) is 0 Å². The van der Waals surface area contributed by atoms with Crippen LogP contribution in [0.5, 0.6) is 0 Å². The van der Waals surface area contributed by atoms with Crippen LogP contribution in [0.1, 0.15) is 44.0 Å². The summed E-state index contributed by atoms with van der Waals surface area (Å²) in [6.45, 7) is 2.47. The van der Waals surface area contributed by atoms with Gasteiger partial charge in [-0.15, -0.1) is 0 Å². The Morgan fingerprint density at radius 2 is 1.82 bits per heavy atom. The van der Waals surface area contributed by atoms with E-state index in [-0.39, 0.29) is 5.78 Å². The second-order valence-corrected chi connectivity index (χ2v) is 8.90. The molecule has 0 saturated carbocycles. The first-order chi connectivity index (χ1) is 16.4. The average molecular weight is 477 g/mol. The molecule has 7 heteroatoms. The third-order valence-electron chi connectivity index (χ3n) is 5.35. The number of carbonyl (C=O) groups excluding carboxylic acids is 2. The van der Waals surface area contributed by atoms with E-state index in [0.29, 0.717) is 35.5 Å². The average Bonchev–Trinajstić information content (AvgIpc) is 3.30. The number of aryl methyl sites for hydroxylation is 1. The van der Waals surface area contributed by atoms with Crippen LogP contribution in [-0.2, 0) is 11.3 Å². The summed E-state index contributed by atoms with van der Waals surface area (Å²) in [4.78, 5) is 36.8. The van der Waals surface area contributed by atoms with E-state index in [1.165, 1.54) is 11.8 Å². The third kappa shape index (κ3) is 6.71. The molecule has 3 aromatic rings. The normalized spacial score (nSPS) is 11.9. The minimum atomic E-state index is -1.04. The highest BCUT2D eigenvalue weighted by Gasteiger charge is 2.20. The van der Waals surface area contributed by atoms with Crippen molar-refractivity contribution < 1.29 is 19.5 Å². The van der Waals surface area contributed by atoms with Crippen LogP contribution >= 0.6 is 11.8 Å². The summed E-state index contributed by atoms with van der Waals surface area (Å²) in [6, 6.07) is 17.2. The molecule has 176 valence electrons. The lowest BCUT2D eigenvalue weighted by Crippen LogP contribution is -2.41. The van der Waals surface area contributed by atoms with Crippen LogP contribution in [0.15, 0.2) is 72.9 Å². The molecule has 0 unspecified atom stereocenters. The molecule has 1 heterocycles. The molecule has 0 fully saturated rings. The van der Waals surface area contributed by atoms with Crippen molar-refractivity contribution in [3.8, 4) is 0 Å². The maximum Gasteiger partial charge on any atom is 0.326 e. The highest BCUT2D eigenvalue weighted by atomic mass is 32.2. The Hall–Kier alpha value is -3.58. The number of aliphatic carboxylic acids is 1. The van der Waals surface area contributed by atoms with E-state index in [2.05, 4.69) is 5.32 Å². The van der Waals surface area contributed by atoms with Crippen molar-refractivity contribution in [3.63, 3.8) is 0 Å². The van der Waals surface area contributed by atoms with E-state index in [1.807, 2.05) is 72.5 Å². The van der Waals surface area contributed by atoms with Crippen LogP contribution in [0.3, 0.4) is 0 Å². The molecule has 3 rings (SSSR count). The molecule has 1 amide bonds. The summed E-state index contributed by atoms with van der Waals surface area (Å²) in [6.07, 6.45) is 7.91. The molecule has 0 bridgehead atoms. The first-order valence-corrected chi connectivity index (χ1v) is 12.3. The summed E-state index contributed by atoms with van der Waals surface area (Å²) in [7, 11) is 0.